The number of rotatable bonds is 5. The van der Waals surface area contributed by atoms with Gasteiger partial charge in [-0.1, -0.05) is 65.3 Å². The van der Waals surface area contributed by atoms with Crippen LogP contribution in [0.5, 0.6) is 0 Å². The highest BCUT2D eigenvalue weighted by molar-refractivity contribution is 6.30. The van der Waals surface area contributed by atoms with Crippen molar-refractivity contribution in [3.63, 3.8) is 0 Å². The maximum absolute atomic E-state index is 13.3. The topological polar surface area (TPSA) is 89.9 Å². The molecule has 0 saturated carbocycles. The molecule has 3 atom stereocenters. The minimum atomic E-state index is -1.21. The summed E-state index contributed by atoms with van der Waals surface area (Å²) in [5.41, 5.74) is -1.00. The number of piperidine rings is 1. The van der Waals surface area contributed by atoms with Crippen molar-refractivity contribution in [1.29, 1.82) is 0 Å². The van der Waals surface area contributed by atoms with Crippen LogP contribution in [0.1, 0.15) is 59.9 Å². The first-order valence-corrected chi connectivity index (χ1v) is 10.8. The number of nitrogens with one attached hydrogen (secondary N) is 1. The van der Waals surface area contributed by atoms with Crippen LogP contribution >= 0.6 is 11.6 Å². The molecule has 2 rings (SSSR count). The number of carbonyl (C=O) groups excluding carboxylic acids is 1. The highest BCUT2D eigenvalue weighted by atomic mass is 35.5. The average molecular weight is 439 g/mol. The lowest BCUT2D eigenvalue weighted by atomic mass is 9.66. The van der Waals surface area contributed by atoms with Crippen molar-refractivity contribution in [1.82, 2.24) is 10.2 Å². The molecule has 1 saturated heterocycles. The van der Waals surface area contributed by atoms with Crippen molar-refractivity contribution < 1.29 is 19.8 Å². The van der Waals surface area contributed by atoms with Gasteiger partial charge in [0.05, 0.1) is 5.60 Å². The van der Waals surface area contributed by atoms with E-state index in [0.29, 0.717) is 31.0 Å². The standard InChI is InChI=1S/C23H35ClN2O4/c1-15(13-21(2,3)4)18(25-20(28)29)19(27)26-12-11-23(30,22(5,6)14-26)16-7-9-17(24)10-8-16/h7-10,15,18,25,30H,11-14H2,1-6H3,(H,28,29)/t15-,18?,23+/m1/s1. The summed E-state index contributed by atoms with van der Waals surface area (Å²) >= 11 is 5.99. The van der Waals surface area contributed by atoms with E-state index in [1.54, 1.807) is 17.0 Å². The van der Waals surface area contributed by atoms with Crippen molar-refractivity contribution in [2.24, 2.45) is 16.7 Å². The largest absolute Gasteiger partial charge is 0.465 e. The van der Waals surface area contributed by atoms with E-state index in [1.807, 2.05) is 32.9 Å². The average Bonchev–Trinajstić information content (AvgIpc) is 2.60. The maximum atomic E-state index is 13.3. The van der Waals surface area contributed by atoms with Gasteiger partial charge in [0.25, 0.3) is 0 Å². The molecule has 0 bridgehead atoms. The van der Waals surface area contributed by atoms with Gasteiger partial charge in [0.15, 0.2) is 0 Å². The van der Waals surface area contributed by atoms with E-state index in [2.05, 4.69) is 26.1 Å². The Kier molecular flexibility index (Phi) is 7.14. The lowest BCUT2D eigenvalue weighted by Gasteiger charge is -2.51. The quantitative estimate of drug-likeness (QED) is 0.631. The van der Waals surface area contributed by atoms with E-state index in [1.165, 1.54) is 0 Å². The van der Waals surface area contributed by atoms with Gasteiger partial charge in [0.2, 0.25) is 5.91 Å². The van der Waals surface area contributed by atoms with E-state index >= 15 is 0 Å². The number of nitrogens with zero attached hydrogens (tertiary/aromatic N) is 1. The third-order valence-electron chi connectivity index (χ3n) is 6.13. The maximum Gasteiger partial charge on any atom is 0.405 e. The first-order chi connectivity index (χ1) is 13.7. The number of hydrogen-bond donors (Lipinski definition) is 3. The normalized spacial score (nSPS) is 23.5. The van der Waals surface area contributed by atoms with Crippen LogP contribution in [0.25, 0.3) is 0 Å². The van der Waals surface area contributed by atoms with E-state index in [9.17, 15) is 19.8 Å². The molecule has 1 heterocycles. The molecule has 0 radical (unpaired) electrons. The van der Waals surface area contributed by atoms with Gasteiger partial charge in [-0.2, -0.15) is 0 Å². The molecular weight excluding hydrogens is 404 g/mol. The summed E-state index contributed by atoms with van der Waals surface area (Å²) in [4.78, 5) is 26.4. The molecule has 3 N–H and O–H groups in total. The van der Waals surface area contributed by atoms with Gasteiger partial charge in [-0.05, 0) is 41.9 Å². The van der Waals surface area contributed by atoms with Gasteiger partial charge in [0.1, 0.15) is 6.04 Å². The van der Waals surface area contributed by atoms with Crippen LogP contribution in [-0.4, -0.2) is 46.2 Å². The Balaban J connectivity index is 2.24. The van der Waals surface area contributed by atoms with E-state index in [-0.39, 0.29) is 17.2 Å². The molecule has 7 heteroatoms. The van der Waals surface area contributed by atoms with Crippen LogP contribution in [-0.2, 0) is 10.4 Å². The summed E-state index contributed by atoms with van der Waals surface area (Å²) in [5.74, 6) is -0.394. The Hall–Kier alpha value is -1.79. The first-order valence-electron chi connectivity index (χ1n) is 10.4. The van der Waals surface area contributed by atoms with Crippen molar-refractivity contribution in [2.45, 2.75) is 66.0 Å². The van der Waals surface area contributed by atoms with Gasteiger partial charge >= 0.3 is 6.09 Å². The SMILES string of the molecule is C[C@H](CC(C)(C)C)C(NC(=O)O)C(=O)N1CC[C@](O)(c2ccc(Cl)cc2)C(C)(C)C1. The van der Waals surface area contributed by atoms with Crippen molar-refractivity contribution >= 4 is 23.6 Å². The Bertz CT molecular complexity index is 772. The molecule has 0 aromatic heterocycles. The summed E-state index contributed by atoms with van der Waals surface area (Å²) in [7, 11) is 0. The minimum Gasteiger partial charge on any atom is -0.465 e. The Labute approximate surface area is 184 Å². The summed E-state index contributed by atoms with van der Waals surface area (Å²) in [6, 6.07) is 6.33. The van der Waals surface area contributed by atoms with Crippen LogP contribution in [0.15, 0.2) is 24.3 Å². The fourth-order valence-corrected chi connectivity index (χ4v) is 4.76. The number of amides is 2. The van der Waals surface area contributed by atoms with Crippen molar-refractivity contribution in [3.8, 4) is 0 Å². The summed E-state index contributed by atoms with van der Waals surface area (Å²) in [6.45, 7) is 12.7. The number of hydrogen-bond acceptors (Lipinski definition) is 3. The number of benzene rings is 1. The minimum absolute atomic E-state index is 0.0336. The second kappa shape index (κ2) is 8.75. The lowest BCUT2D eigenvalue weighted by molar-refractivity contribution is -0.156. The molecule has 1 aliphatic heterocycles. The fourth-order valence-electron chi connectivity index (χ4n) is 4.63. The zero-order valence-electron chi connectivity index (χ0n) is 18.8. The van der Waals surface area contributed by atoms with E-state index in [4.69, 9.17) is 11.6 Å². The van der Waals surface area contributed by atoms with Gasteiger partial charge in [-0.25, -0.2) is 4.79 Å². The molecule has 2 amide bonds. The van der Waals surface area contributed by atoms with Crippen LogP contribution in [0.4, 0.5) is 4.79 Å². The van der Waals surface area contributed by atoms with Crippen LogP contribution < -0.4 is 5.32 Å². The Morgan fingerprint density at radius 1 is 1.23 bits per heavy atom. The Morgan fingerprint density at radius 3 is 2.27 bits per heavy atom. The molecule has 0 spiro atoms. The lowest BCUT2D eigenvalue weighted by Crippen LogP contribution is -2.60. The van der Waals surface area contributed by atoms with Crippen molar-refractivity contribution in [3.05, 3.63) is 34.9 Å². The van der Waals surface area contributed by atoms with E-state index in [0.717, 1.165) is 5.56 Å². The molecule has 1 fully saturated rings. The summed E-state index contributed by atoms with van der Waals surface area (Å²) < 4.78 is 0. The van der Waals surface area contributed by atoms with Crippen LogP contribution in [0.2, 0.25) is 5.02 Å². The number of aliphatic hydroxyl groups is 1. The molecule has 30 heavy (non-hydrogen) atoms. The molecule has 0 aliphatic carbocycles. The van der Waals surface area contributed by atoms with Crippen LogP contribution in [0.3, 0.4) is 0 Å². The zero-order chi connectivity index (χ0) is 22.9. The van der Waals surface area contributed by atoms with Crippen LogP contribution in [0, 0.1) is 16.7 Å². The van der Waals surface area contributed by atoms with E-state index < -0.39 is 23.2 Å². The Morgan fingerprint density at radius 2 is 1.80 bits per heavy atom. The number of carboxylic acid groups (broad SMARTS) is 1. The van der Waals surface area contributed by atoms with Crippen molar-refractivity contribution in [2.75, 3.05) is 13.1 Å². The predicted octanol–water partition coefficient (Wildman–Crippen LogP) is 4.49. The van der Waals surface area contributed by atoms with Gasteiger partial charge in [-0.3, -0.25) is 4.79 Å². The molecular formula is C23H35ClN2O4. The summed E-state index contributed by atoms with van der Waals surface area (Å²) in [5, 5.41) is 23.9. The predicted molar refractivity (Wildman–Crippen MR) is 119 cm³/mol. The monoisotopic (exact) mass is 438 g/mol. The fraction of sp³-hybridized carbons (Fsp3) is 0.652. The smallest absolute Gasteiger partial charge is 0.405 e. The molecule has 168 valence electrons. The number of halogens is 1. The van der Waals surface area contributed by atoms with Gasteiger partial charge in [-0.15, -0.1) is 0 Å². The third-order valence-corrected chi connectivity index (χ3v) is 6.38. The molecule has 1 aromatic rings. The second-order valence-corrected chi connectivity index (χ2v) is 10.9. The third kappa shape index (κ3) is 5.46. The molecule has 6 nitrogen and oxygen atoms in total. The first kappa shape index (κ1) is 24.5. The number of likely N-dealkylation sites (tertiary alicyclic amines) is 1. The van der Waals surface area contributed by atoms with Gasteiger partial charge < -0.3 is 20.4 Å². The zero-order valence-corrected chi connectivity index (χ0v) is 19.6. The molecule has 1 unspecified atom stereocenters. The van der Waals surface area contributed by atoms with Gasteiger partial charge in [0, 0.05) is 23.5 Å². The molecule has 1 aromatic carbocycles. The second-order valence-electron chi connectivity index (χ2n) is 10.4. The number of carbonyl (C=O) groups is 2. The highest BCUT2D eigenvalue weighted by Gasteiger charge is 2.50. The highest BCUT2D eigenvalue weighted by Crippen LogP contribution is 2.46. The summed E-state index contributed by atoms with van der Waals surface area (Å²) in [6.07, 6.45) is -0.140. The molecule has 1 aliphatic rings.